The van der Waals surface area contributed by atoms with Gasteiger partial charge < -0.3 is 9.84 Å². The van der Waals surface area contributed by atoms with Gasteiger partial charge in [0.05, 0.1) is 12.2 Å². The molecule has 0 heterocycles. The number of fused-ring (bicyclic) bond motifs is 5. The normalized spacial score (nSPS) is 51.7. The zero-order valence-electron chi connectivity index (χ0n) is 16.1. The second kappa shape index (κ2) is 6.14. The molecule has 0 aliphatic heterocycles. The Labute approximate surface area is 153 Å². The number of hydrogen-bond acceptors (Lipinski definition) is 2. The zero-order valence-corrected chi connectivity index (χ0v) is 16.1. The van der Waals surface area contributed by atoms with E-state index in [-0.39, 0.29) is 17.6 Å². The van der Waals surface area contributed by atoms with Crippen molar-refractivity contribution in [3.8, 4) is 12.3 Å². The summed E-state index contributed by atoms with van der Waals surface area (Å²) in [6, 6.07) is 0. The van der Waals surface area contributed by atoms with Crippen LogP contribution in [0.2, 0.25) is 0 Å². The Morgan fingerprint density at radius 2 is 2.08 bits per heavy atom. The Morgan fingerprint density at radius 1 is 1.28 bits per heavy atom. The zero-order chi connectivity index (χ0) is 17.8. The summed E-state index contributed by atoms with van der Waals surface area (Å²) in [6.45, 7) is 7.60. The van der Waals surface area contributed by atoms with Gasteiger partial charge in [0, 0.05) is 12.5 Å². The fraction of sp³-hybridized carbons (Fsp3) is 0.826. The molecule has 2 nitrogen and oxygen atoms in total. The van der Waals surface area contributed by atoms with Crippen LogP contribution < -0.4 is 0 Å². The highest BCUT2D eigenvalue weighted by Crippen LogP contribution is 2.66. The first-order valence-electron chi connectivity index (χ1n) is 10.4. The van der Waals surface area contributed by atoms with Crippen LogP contribution in [-0.4, -0.2) is 23.9 Å². The summed E-state index contributed by atoms with van der Waals surface area (Å²) in [5.41, 5.74) is 2.07. The maximum atomic E-state index is 10.7. The molecule has 3 saturated carbocycles. The number of ether oxygens (including phenoxy) is 1. The lowest BCUT2D eigenvalue weighted by Crippen LogP contribution is -2.53. The Morgan fingerprint density at radius 3 is 2.80 bits per heavy atom. The fourth-order valence-electron chi connectivity index (χ4n) is 7.33. The van der Waals surface area contributed by atoms with Crippen molar-refractivity contribution in [2.24, 2.45) is 34.5 Å². The standard InChI is InChI=1S/C23H34O2/c1-5-15-8-10-18-17-9-7-16-13-21(25-6-2)20(24)14-23(16,4)19(17)11-12-22(15,18)3/h1,7,15,17-21,24H,6,8-14H2,2-4H3/t15?,17-,18-,19+,20?,21?,22+,23-/m0/s1. The minimum atomic E-state index is -0.323. The minimum Gasteiger partial charge on any atom is -0.390 e. The van der Waals surface area contributed by atoms with E-state index < -0.39 is 0 Å². The number of aliphatic hydroxyl groups excluding tert-OH is 1. The molecule has 0 aromatic carbocycles. The van der Waals surface area contributed by atoms with Crippen molar-refractivity contribution >= 4 is 0 Å². The molecule has 3 unspecified atom stereocenters. The highest BCUT2D eigenvalue weighted by Gasteiger charge is 2.59. The molecule has 0 bridgehead atoms. The number of allylic oxidation sites excluding steroid dienone is 1. The average molecular weight is 343 g/mol. The topological polar surface area (TPSA) is 29.5 Å². The first-order valence-corrected chi connectivity index (χ1v) is 10.4. The van der Waals surface area contributed by atoms with Gasteiger partial charge in [-0.2, -0.15) is 0 Å². The third-order valence-electron chi connectivity index (χ3n) is 8.69. The Bertz CT molecular complexity index is 602. The Hall–Kier alpha value is -0.780. The second-order valence-corrected chi connectivity index (χ2v) is 9.57. The second-order valence-electron chi connectivity index (χ2n) is 9.57. The molecule has 0 saturated heterocycles. The highest BCUT2D eigenvalue weighted by molar-refractivity contribution is 5.27. The monoisotopic (exact) mass is 342 g/mol. The van der Waals surface area contributed by atoms with E-state index in [0.29, 0.717) is 23.9 Å². The Balaban J connectivity index is 1.63. The molecule has 0 aromatic rings. The molecule has 1 N–H and O–H groups in total. The first-order chi connectivity index (χ1) is 11.9. The van der Waals surface area contributed by atoms with Crippen molar-refractivity contribution in [1.29, 1.82) is 0 Å². The third kappa shape index (κ3) is 2.46. The van der Waals surface area contributed by atoms with E-state index >= 15 is 0 Å². The van der Waals surface area contributed by atoms with Crippen molar-refractivity contribution in [3.63, 3.8) is 0 Å². The third-order valence-corrected chi connectivity index (χ3v) is 8.69. The summed E-state index contributed by atoms with van der Waals surface area (Å²) < 4.78 is 5.83. The SMILES string of the molecule is C#CC1CC[C@H]2[C@@H]3CC=C4CC(OCC)C(O)C[C@]4(C)[C@@H]3CC[C@]12C. The predicted octanol–water partition coefficient (Wildman–Crippen LogP) is 4.57. The van der Waals surface area contributed by atoms with Gasteiger partial charge in [-0.1, -0.05) is 25.5 Å². The van der Waals surface area contributed by atoms with E-state index in [4.69, 9.17) is 11.2 Å². The van der Waals surface area contributed by atoms with Gasteiger partial charge >= 0.3 is 0 Å². The smallest absolute Gasteiger partial charge is 0.0871 e. The van der Waals surface area contributed by atoms with Crippen LogP contribution in [0.1, 0.15) is 65.7 Å². The van der Waals surface area contributed by atoms with E-state index in [2.05, 4.69) is 25.8 Å². The Kier molecular flexibility index (Phi) is 4.33. The van der Waals surface area contributed by atoms with Crippen molar-refractivity contribution in [3.05, 3.63) is 11.6 Å². The van der Waals surface area contributed by atoms with Crippen LogP contribution >= 0.6 is 0 Å². The first kappa shape index (κ1) is 17.6. The van der Waals surface area contributed by atoms with Gasteiger partial charge in [-0.15, -0.1) is 12.3 Å². The van der Waals surface area contributed by atoms with Gasteiger partial charge in [-0.05, 0) is 80.5 Å². The molecule has 4 aliphatic rings. The van der Waals surface area contributed by atoms with Gasteiger partial charge in [-0.25, -0.2) is 0 Å². The number of aliphatic hydroxyl groups is 1. The molecule has 0 aromatic heterocycles. The molecule has 138 valence electrons. The van der Waals surface area contributed by atoms with Gasteiger partial charge in [0.25, 0.3) is 0 Å². The van der Waals surface area contributed by atoms with Crippen LogP contribution in [0.25, 0.3) is 0 Å². The molecule has 0 spiro atoms. The lowest BCUT2D eigenvalue weighted by atomic mass is 9.47. The molecule has 4 aliphatic carbocycles. The largest absolute Gasteiger partial charge is 0.390 e. The summed E-state index contributed by atoms with van der Waals surface area (Å²) in [5, 5.41) is 10.7. The molecule has 0 radical (unpaired) electrons. The average Bonchev–Trinajstić information content (AvgIpc) is 2.92. The van der Waals surface area contributed by atoms with Crippen LogP contribution in [0.5, 0.6) is 0 Å². The fourth-order valence-corrected chi connectivity index (χ4v) is 7.33. The van der Waals surface area contributed by atoms with Crippen molar-refractivity contribution in [2.75, 3.05) is 6.61 Å². The van der Waals surface area contributed by atoms with Crippen molar-refractivity contribution < 1.29 is 9.84 Å². The molecule has 25 heavy (non-hydrogen) atoms. The summed E-state index contributed by atoms with van der Waals surface area (Å²) in [4.78, 5) is 0. The van der Waals surface area contributed by atoms with E-state index in [1.54, 1.807) is 5.57 Å². The van der Waals surface area contributed by atoms with Crippen LogP contribution in [0.4, 0.5) is 0 Å². The molecular formula is C23H34O2. The van der Waals surface area contributed by atoms with Gasteiger partial charge in [0.2, 0.25) is 0 Å². The lowest BCUT2D eigenvalue weighted by molar-refractivity contribution is -0.101. The quantitative estimate of drug-likeness (QED) is 0.588. The van der Waals surface area contributed by atoms with Crippen LogP contribution in [0, 0.1) is 46.8 Å². The molecule has 4 rings (SSSR count). The van der Waals surface area contributed by atoms with Crippen molar-refractivity contribution in [2.45, 2.75) is 77.9 Å². The maximum absolute atomic E-state index is 10.7. The molecule has 0 amide bonds. The van der Waals surface area contributed by atoms with Gasteiger partial charge in [0.1, 0.15) is 0 Å². The van der Waals surface area contributed by atoms with Crippen LogP contribution in [0.15, 0.2) is 11.6 Å². The molecule has 2 heteroatoms. The molecule has 8 atom stereocenters. The molecule has 3 fully saturated rings. The van der Waals surface area contributed by atoms with E-state index in [1.165, 1.54) is 32.1 Å². The van der Waals surface area contributed by atoms with Crippen LogP contribution in [-0.2, 0) is 4.74 Å². The van der Waals surface area contributed by atoms with Gasteiger partial charge in [0.15, 0.2) is 0 Å². The highest BCUT2D eigenvalue weighted by atomic mass is 16.5. The summed E-state index contributed by atoms with van der Waals surface area (Å²) in [6.07, 6.45) is 16.1. The number of terminal acetylenes is 1. The maximum Gasteiger partial charge on any atom is 0.0871 e. The van der Waals surface area contributed by atoms with Crippen molar-refractivity contribution in [1.82, 2.24) is 0 Å². The number of rotatable bonds is 2. The molecular weight excluding hydrogens is 308 g/mol. The summed E-state index contributed by atoms with van der Waals surface area (Å²) in [5.74, 6) is 5.81. The summed E-state index contributed by atoms with van der Waals surface area (Å²) in [7, 11) is 0. The van der Waals surface area contributed by atoms with Crippen LogP contribution in [0.3, 0.4) is 0 Å². The van der Waals surface area contributed by atoms with E-state index in [1.807, 2.05) is 6.92 Å². The predicted molar refractivity (Wildman–Crippen MR) is 101 cm³/mol. The van der Waals surface area contributed by atoms with E-state index in [0.717, 1.165) is 24.7 Å². The minimum absolute atomic E-state index is 0.00738. The number of hydrogen-bond donors (Lipinski definition) is 1. The summed E-state index contributed by atoms with van der Waals surface area (Å²) >= 11 is 0. The van der Waals surface area contributed by atoms with E-state index in [9.17, 15) is 5.11 Å². The lowest BCUT2D eigenvalue weighted by Gasteiger charge is -2.58. The van der Waals surface area contributed by atoms with Gasteiger partial charge in [-0.3, -0.25) is 0 Å².